The first-order chi connectivity index (χ1) is 14.6. The minimum atomic E-state index is -0.0705. The number of para-hydroxylation sites is 1. The Morgan fingerprint density at radius 1 is 1.07 bits per heavy atom. The molecule has 1 aromatic carbocycles. The van der Waals surface area contributed by atoms with Gasteiger partial charge in [0.15, 0.2) is 0 Å². The summed E-state index contributed by atoms with van der Waals surface area (Å²) in [4.78, 5) is 29.5. The molecule has 0 radical (unpaired) electrons. The smallest absolute Gasteiger partial charge is 0.272 e. The molecule has 1 aliphatic heterocycles. The molecule has 4 heterocycles. The van der Waals surface area contributed by atoms with Crippen molar-refractivity contribution in [2.75, 3.05) is 31.1 Å². The number of anilines is 1. The lowest BCUT2D eigenvalue weighted by Crippen LogP contribution is -2.48. The Labute approximate surface area is 177 Å². The number of nitrogens with zero attached hydrogens (tertiary/aromatic N) is 6. The highest BCUT2D eigenvalue weighted by atomic mass is 32.1. The lowest BCUT2D eigenvalue weighted by atomic mass is 10.2. The van der Waals surface area contributed by atoms with E-state index in [-0.39, 0.29) is 11.5 Å². The van der Waals surface area contributed by atoms with Gasteiger partial charge in [0.25, 0.3) is 5.56 Å². The van der Waals surface area contributed by atoms with E-state index in [1.54, 1.807) is 7.05 Å². The molecule has 1 amide bonds. The highest BCUT2D eigenvalue weighted by molar-refractivity contribution is 7.17. The summed E-state index contributed by atoms with van der Waals surface area (Å²) >= 11 is 1.41. The molecule has 0 spiro atoms. The SMILES string of the molecule is Cn1c(=O)c2sccc2n2c(CCC(=O)N3CCN(c4ccccc4)CC3)nnc12. The second kappa shape index (κ2) is 7.56. The summed E-state index contributed by atoms with van der Waals surface area (Å²) < 4.78 is 4.09. The minimum Gasteiger partial charge on any atom is -0.368 e. The Hall–Kier alpha value is -3.20. The highest BCUT2D eigenvalue weighted by Gasteiger charge is 2.22. The third-order valence-corrected chi connectivity index (χ3v) is 6.61. The Bertz CT molecular complexity index is 1270. The maximum atomic E-state index is 12.8. The summed E-state index contributed by atoms with van der Waals surface area (Å²) in [5.41, 5.74) is 1.94. The van der Waals surface area contributed by atoms with E-state index < -0.39 is 0 Å². The molecule has 1 aliphatic rings. The van der Waals surface area contributed by atoms with Gasteiger partial charge in [-0.05, 0) is 23.6 Å². The highest BCUT2D eigenvalue weighted by Crippen LogP contribution is 2.20. The summed E-state index contributed by atoms with van der Waals surface area (Å²) in [6.07, 6.45) is 0.864. The zero-order chi connectivity index (χ0) is 20.7. The van der Waals surface area contributed by atoms with Crippen molar-refractivity contribution in [3.05, 3.63) is 58.0 Å². The van der Waals surface area contributed by atoms with E-state index in [2.05, 4.69) is 27.2 Å². The van der Waals surface area contributed by atoms with Crippen LogP contribution in [0.5, 0.6) is 0 Å². The van der Waals surface area contributed by atoms with E-state index in [4.69, 9.17) is 0 Å². The molecule has 1 saturated heterocycles. The zero-order valence-electron chi connectivity index (χ0n) is 16.7. The maximum absolute atomic E-state index is 12.8. The summed E-state index contributed by atoms with van der Waals surface area (Å²) in [6.45, 7) is 3.11. The predicted molar refractivity (Wildman–Crippen MR) is 117 cm³/mol. The number of fused-ring (bicyclic) bond motifs is 3. The van der Waals surface area contributed by atoms with Gasteiger partial charge in [0.2, 0.25) is 11.7 Å². The number of aryl methyl sites for hydroxylation is 2. The zero-order valence-corrected chi connectivity index (χ0v) is 17.5. The molecule has 4 aromatic rings. The lowest BCUT2D eigenvalue weighted by Gasteiger charge is -2.36. The van der Waals surface area contributed by atoms with Crippen LogP contribution in [-0.4, -0.2) is 56.2 Å². The Balaban J connectivity index is 1.28. The summed E-state index contributed by atoms with van der Waals surface area (Å²) in [7, 11) is 1.70. The first kappa shape index (κ1) is 18.8. The number of carbonyl (C=O) groups excluding carboxylic acids is 1. The average molecular weight is 423 g/mol. The van der Waals surface area contributed by atoms with Crippen LogP contribution in [0.2, 0.25) is 0 Å². The van der Waals surface area contributed by atoms with Crippen LogP contribution in [0.25, 0.3) is 16.0 Å². The second-order valence-corrected chi connectivity index (χ2v) is 8.37. The van der Waals surface area contributed by atoms with E-state index in [1.807, 2.05) is 38.9 Å². The molecule has 0 saturated carbocycles. The van der Waals surface area contributed by atoms with Crippen molar-refractivity contribution in [2.24, 2.45) is 7.05 Å². The molecule has 1 fully saturated rings. The van der Waals surface area contributed by atoms with Crippen molar-refractivity contribution in [1.29, 1.82) is 0 Å². The summed E-state index contributed by atoms with van der Waals surface area (Å²) in [5, 5.41) is 10.4. The first-order valence-corrected chi connectivity index (χ1v) is 10.9. The first-order valence-electron chi connectivity index (χ1n) is 10.0. The molecule has 3 aromatic heterocycles. The average Bonchev–Trinajstić information content (AvgIpc) is 3.44. The van der Waals surface area contributed by atoms with Crippen LogP contribution in [-0.2, 0) is 18.3 Å². The Morgan fingerprint density at radius 2 is 1.83 bits per heavy atom. The molecule has 9 heteroatoms. The number of benzene rings is 1. The second-order valence-electron chi connectivity index (χ2n) is 7.45. The van der Waals surface area contributed by atoms with Crippen molar-refractivity contribution >= 4 is 38.9 Å². The van der Waals surface area contributed by atoms with Crippen molar-refractivity contribution in [1.82, 2.24) is 24.1 Å². The van der Waals surface area contributed by atoms with Crippen LogP contribution >= 0.6 is 11.3 Å². The van der Waals surface area contributed by atoms with Crippen LogP contribution in [0.4, 0.5) is 5.69 Å². The van der Waals surface area contributed by atoms with Gasteiger partial charge in [-0.2, -0.15) is 0 Å². The number of aromatic nitrogens is 4. The number of thiophene rings is 1. The fourth-order valence-corrected chi connectivity index (χ4v) is 4.90. The quantitative estimate of drug-likeness (QED) is 0.502. The lowest BCUT2D eigenvalue weighted by molar-refractivity contribution is -0.131. The fraction of sp³-hybridized carbons (Fsp3) is 0.333. The standard InChI is InChI=1S/C21H22N6O2S/c1-24-20(29)19-16(9-14-30-19)27-17(22-23-21(24)27)7-8-18(28)26-12-10-25(11-13-26)15-5-3-2-4-6-15/h2-6,9,14H,7-8,10-13H2,1H3. The monoisotopic (exact) mass is 422 g/mol. The maximum Gasteiger partial charge on any atom is 0.272 e. The molecule has 5 rings (SSSR count). The van der Waals surface area contributed by atoms with Crippen molar-refractivity contribution < 1.29 is 4.79 Å². The van der Waals surface area contributed by atoms with Gasteiger partial charge < -0.3 is 9.80 Å². The van der Waals surface area contributed by atoms with Gasteiger partial charge in [-0.1, -0.05) is 18.2 Å². The van der Waals surface area contributed by atoms with Crippen LogP contribution in [0.15, 0.2) is 46.6 Å². The largest absolute Gasteiger partial charge is 0.368 e. The molecule has 154 valence electrons. The van der Waals surface area contributed by atoms with Crippen LogP contribution in [0.1, 0.15) is 12.2 Å². The van der Waals surface area contributed by atoms with Gasteiger partial charge >= 0.3 is 0 Å². The van der Waals surface area contributed by atoms with E-state index in [9.17, 15) is 9.59 Å². The van der Waals surface area contributed by atoms with Crippen molar-refractivity contribution in [3.63, 3.8) is 0 Å². The molecule has 30 heavy (non-hydrogen) atoms. The Kier molecular flexibility index (Phi) is 4.74. The van der Waals surface area contributed by atoms with Gasteiger partial charge in [0, 0.05) is 51.8 Å². The molecule has 0 bridgehead atoms. The fourth-order valence-electron chi connectivity index (χ4n) is 4.04. The Morgan fingerprint density at radius 3 is 2.60 bits per heavy atom. The predicted octanol–water partition coefficient (Wildman–Crippen LogP) is 1.92. The molecular formula is C21H22N6O2S. The molecule has 0 aliphatic carbocycles. The van der Waals surface area contributed by atoms with E-state index in [0.717, 1.165) is 31.7 Å². The molecule has 0 unspecified atom stereocenters. The normalized spacial score (nSPS) is 14.7. The van der Waals surface area contributed by atoms with Crippen LogP contribution < -0.4 is 10.5 Å². The van der Waals surface area contributed by atoms with Gasteiger partial charge in [-0.15, -0.1) is 21.5 Å². The topological polar surface area (TPSA) is 75.7 Å². The molecule has 0 N–H and O–H groups in total. The molecule has 0 atom stereocenters. The van der Waals surface area contributed by atoms with Gasteiger partial charge in [-0.25, -0.2) is 0 Å². The van der Waals surface area contributed by atoms with Crippen molar-refractivity contribution in [2.45, 2.75) is 12.8 Å². The third kappa shape index (κ3) is 3.15. The van der Waals surface area contributed by atoms with Crippen LogP contribution in [0.3, 0.4) is 0 Å². The number of hydrogen-bond donors (Lipinski definition) is 0. The number of rotatable bonds is 4. The third-order valence-electron chi connectivity index (χ3n) is 5.71. The van der Waals surface area contributed by atoms with E-state index in [1.165, 1.54) is 21.6 Å². The number of piperazine rings is 1. The van der Waals surface area contributed by atoms with E-state index in [0.29, 0.717) is 29.1 Å². The number of carbonyl (C=O) groups is 1. The molecular weight excluding hydrogens is 400 g/mol. The summed E-state index contributed by atoms with van der Waals surface area (Å²) in [6, 6.07) is 12.2. The van der Waals surface area contributed by atoms with Gasteiger partial charge in [0.1, 0.15) is 10.5 Å². The van der Waals surface area contributed by atoms with Gasteiger partial charge in [-0.3, -0.25) is 18.6 Å². The minimum absolute atomic E-state index is 0.0705. The summed E-state index contributed by atoms with van der Waals surface area (Å²) in [5.74, 6) is 1.34. The number of hydrogen-bond acceptors (Lipinski definition) is 6. The van der Waals surface area contributed by atoms with E-state index >= 15 is 0 Å². The van der Waals surface area contributed by atoms with Crippen molar-refractivity contribution in [3.8, 4) is 0 Å². The van der Waals surface area contributed by atoms with Crippen LogP contribution in [0, 0.1) is 0 Å². The molecule has 8 nitrogen and oxygen atoms in total. The number of amides is 1. The van der Waals surface area contributed by atoms with Gasteiger partial charge in [0.05, 0.1) is 5.52 Å².